The molecule has 4 rings (SSSR count). The van der Waals surface area contributed by atoms with Crippen LogP contribution in [0.1, 0.15) is 41.5 Å². The number of rotatable bonds is 1. The number of aryl methyl sites for hydroxylation is 1. The summed E-state index contributed by atoms with van der Waals surface area (Å²) in [6, 6.07) is 8.81. The standard InChI is InChI=1S/C15H18N4/c1-2-6-12-11(4-1)5-3-7-13(12)15-18-17-14-10-16-8-9-19(14)15/h1-2,4,6,13,16H,3,5,7-10H2. The monoisotopic (exact) mass is 254 g/mol. The second-order valence-corrected chi connectivity index (χ2v) is 5.45. The number of aromatic nitrogens is 3. The van der Waals surface area contributed by atoms with E-state index in [1.54, 1.807) is 0 Å². The molecule has 4 nitrogen and oxygen atoms in total. The number of hydrogen-bond acceptors (Lipinski definition) is 3. The Labute approximate surface area is 112 Å². The Morgan fingerprint density at radius 2 is 2.16 bits per heavy atom. The SMILES string of the molecule is c1ccc2c(c1)CCCC2c1nnc2n1CCNC2. The number of fused-ring (bicyclic) bond motifs is 2. The predicted molar refractivity (Wildman–Crippen MR) is 73.0 cm³/mol. The molecule has 1 N–H and O–H groups in total. The van der Waals surface area contributed by atoms with E-state index in [-0.39, 0.29) is 0 Å². The molecule has 2 aliphatic rings. The summed E-state index contributed by atoms with van der Waals surface area (Å²) in [6.07, 6.45) is 3.65. The Morgan fingerprint density at radius 3 is 3.16 bits per heavy atom. The second kappa shape index (κ2) is 4.46. The first-order valence-corrected chi connectivity index (χ1v) is 7.14. The van der Waals surface area contributed by atoms with E-state index in [0.29, 0.717) is 5.92 Å². The summed E-state index contributed by atoms with van der Waals surface area (Å²) >= 11 is 0. The van der Waals surface area contributed by atoms with E-state index < -0.39 is 0 Å². The van der Waals surface area contributed by atoms with Crippen molar-refractivity contribution in [3.05, 3.63) is 47.0 Å². The van der Waals surface area contributed by atoms with Gasteiger partial charge >= 0.3 is 0 Å². The topological polar surface area (TPSA) is 42.7 Å². The van der Waals surface area contributed by atoms with Crippen LogP contribution in [0.15, 0.2) is 24.3 Å². The molecule has 1 aromatic carbocycles. The highest BCUT2D eigenvalue weighted by molar-refractivity contribution is 5.36. The van der Waals surface area contributed by atoms with Crippen molar-refractivity contribution in [3.63, 3.8) is 0 Å². The lowest BCUT2D eigenvalue weighted by molar-refractivity contribution is 0.474. The van der Waals surface area contributed by atoms with Gasteiger partial charge in [0.2, 0.25) is 0 Å². The number of hydrogen-bond donors (Lipinski definition) is 1. The molecule has 0 fully saturated rings. The first kappa shape index (κ1) is 11.2. The summed E-state index contributed by atoms with van der Waals surface area (Å²) in [5.41, 5.74) is 2.95. The van der Waals surface area contributed by atoms with Gasteiger partial charge in [-0.1, -0.05) is 24.3 Å². The normalized spacial score (nSPS) is 21.8. The third kappa shape index (κ3) is 1.78. The van der Waals surface area contributed by atoms with Gasteiger partial charge in [0.15, 0.2) is 0 Å². The van der Waals surface area contributed by atoms with Gasteiger partial charge in [-0.3, -0.25) is 0 Å². The average Bonchev–Trinajstić information content (AvgIpc) is 2.90. The van der Waals surface area contributed by atoms with E-state index in [4.69, 9.17) is 0 Å². The molecule has 2 heterocycles. The average molecular weight is 254 g/mol. The summed E-state index contributed by atoms with van der Waals surface area (Å²) < 4.78 is 2.32. The van der Waals surface area contributed by atoms with Gasteiger partial charge in [-0.25, -0.2) is 0 Å². The van der Waals surface area contributed by atoms with Crippen molar-refractivity contribution in [3.8, 4) is 0 Å². The van der Waals surface area contributed by atoms with Crippen LogP contribution in [-0.2, 0) is 19.5 Å². The van der Waals surface area contributed by atoms with Crippen LogP contribution >= 0.6 is 0 Å². The molecule has 1 atom stereocenters. The smallest absolute Gasteiger partial charge is 0.147 e. The van der Waals surface area contributed by atoms with Gasteiger partial charge in [0.25, 0.3) is 0 Å². The minimum atomic E-state index is 0.435. The highest BCUT2D eigenvalue weighted by atomic mass is 15.3. The molecule has 1 aliphatic carbocycles. The highest BCUT2D eigenvalue weighted by Gasteiger charge is 2.27. The van der Waals surface area contributed by atoms with Crippen LogP contribution in [0.2, 0.25) is 0 Å². The van der Waals surface area contributed by atoms with Gasteiger partial charge in [0, 0.05) is 19.0 Å². The number of benzene rings is 1. The predicted octanol–water partition coefficient (Wildman–Crippen LogP) is 1.85. The lowest BCUT2D eigenvalue weighted by Gasteiger charge is -2.26. The van der Waals surface area contributed by atoms with Crippen molar-refractivity contribution in [2.24, 2.45) is 0 Å². The molecule has 4 heteroatoms. The molecule has 1 aliphatic heterocycles. The Bertz CT molecular complexity index is 602. The van der Waals surface area contributed by atoms with Crippen molar-refractivity contribution in [2.75, 3.05) is 6.54 Å². The van der Waals surface area contributed by atoms with Crippen molar-refractivity contribution in [1.82, 2.24) is 20.1 Å². The molecule has 0 spiro atoms. The van der Waals surface area contributed by atoms with Gasteiger partial charge in [-0.05, 0) is 30.4 Å². The Balaban J connectivity index is 1.79. The van der Waals surface area contributed by atoms with Crippen molar-refractivity contribution >= 4 is 0 Å². The van der Waals surface area contributed by atoms with Crippen LogP contribution in [0.25, 0.3) is 0 Å². The largest absolute Gasteiger partial charge is 0.312 e. The molecule has 1 unspecified atom stereocenters. The number of nitrogens with one attached hydrogen (secondary N) is 1. The van der Waals surface area contributed by atoms with Crippen LogP contribution < -0.4 is 5.32 Å². The maximum absolute atomic E-state index is 4.49. The van der Waals surface area contributed by atoms with E-state index in [0.717, 1.165) is 25.5 Å². The van der Waals surface area contributed by atoms with Crippen LogP contribution in [0, 0.1) is 0 Å². The van der Waals surface area contributed by atoms with E-state index in [2.05, 4.69) is 44.3 Å². The molecule has 0 radical (unpaired) electrons. The zero-order chi connectivity index (χ0) is 12.7. The van der Waals surface area contributed by atoms with E-state index in [1.807, 2.05) is 0 Å². The summed E-state index contributed by atoms with van der Waals surface area (Å²) in [5.74, 6) is 2.69. The molecular weight excluding hydrogens is 236 g/mol. The molecule has 98 valence electrons. The second-order valence-electron chi connectivity index (χ2n) is 5.45. The lowest BCUT2D eigenvalue weighted by atomic mass is 9.82. The maximum atomic E-state index is 4.49. The summed E-state index contributed by atoms with van der Waals surface area (Å²) in [4.78, 5) is 0. The van der Waals surface area contributed by atoms with Gasteiger partial charge in [-0.15, -0.1) is 10.2 Å². The lowest BCUT2D eigenvalue weighted by Crippen LogP contribution is -2.30. The maximum Gasteiger partial charge on any atom is 0.147 e. The van der Waals surface area contributed by atoms with Crippen LogP contribution in [0.3, 0.4) is 0 Å². The van der Waals surface area contributed by atoms with Crippen LogP contribution in [-0.4, -0.2) is 21.3 Å². The first-order valence-electron chi connectivity index (χ1n) is 7.14. The Morgan fingerprint density at radius 1 is 1.21 bits per heavy atom. The molecule has 0 saturated heterocycles. The fourth-order valence-corrected chi connectivity index (χ4v) is 3.39. The molecule has 2 aromatic rings. The third-order valence-corrected chi connectivity index (χ3v) is 4.33. The summed E-state index contributed by atoms with van der Waals surface area (Å²) in [6.45, 7) is 2.87. The zero-order valence-electron chi connectivity index (χ0n) is 11.0. The fraction of sp³-hybridized carbons (Fsp3) is 0.467. The van der Waals surface area contributed by atoms with Crippen molar-refractivity contribution in [1.29, 1.82) is 0 Å². The van der Waals surface area contributed by atoms with Gasteiger partial charge in [0.1, 0.15) is 11.6 Å². The zero-order valence-corrected chi connectivity index (χ0v) is 11.0. The fourth-order valence-electron chi connectivity index (χ4n) is 3.39. The molecule has 19 heavy (non-hydrogen) atoms. The first-order chi connectivity index (χ1) is 9.43. The van der Waals surface area contributed by atoms with Crippen molar-refractivity contribution < 1.29 is 0 Å². The van der Waals surface area contributed by atoms with Gasteiger partial charge < -0.3 is 9.88 Å². The van der Waals surface area contributed by atoms with Crippen LogP contribution in [0.5, 0.6) is 0 Å². The summed E-state index contributed by atoms with van der Waals surface area (Å²) in [5, 5.41) is 12.2. The Kier molecular flexibility index (Phi) is 2.62. The van der Waals surface area contributed by atoms with Crippen molar-refractivity contribution in [2.45, 2.75) is 38.3 Å². The summed E-state index contributed by atoms with van der Waals surface area (Å²) in [7, 11) is 0. The molecular formula is C15H18N4. The molecule has 0 saturated carbocycles. The minimum Gasteiger partial charge on any atom is -0.312 e. The molecule has 1 aromatic heterocycles. The van der Waals surface area contributed by atoms with E-state index >= 15 is 0 Å². The van der Waals surface area contributed by atoms with E-state index in [1.165, 1.54) is 36.2 Å². The number of nitrogens with zero attached hydrogens (tertiary/aromatic N) is 3. The van der Waals surface area contributed by atoms with Gasteiger partial charge in [0.05, 0.1) is 6.54 Å². The minimum absolute atomic E-state index is 0.435. The van der Waals surface area contributed by atoms with Gasteiger partial charge in [-0.2, -0.15) is 0 Å². The molecule has 0 amide bonds. The molecule has 0 bridgehead atoms. The Hall–Kier alpha value is -1.68. The van der Waals surface area contributed by atoms with Crippen LogP contribution in [0.4, 0.5) is 0 Å². The van der Waals surface area contributed by atoms with E-state index in [9.17, 15) is 0 Å². The third-order valence-electron chi connectivity index (χ3n) is 4.33. The highest BCUT2D eigenvalue weighted by Crippen LogP contribution is 2.36. The quantitative estimate of drug-likeness (QED) is 0.844.